The lowest BCUT2D eigenvalue weighted by Gasteiger charge is -2.20. The van der Waals surface area contributed by atoms with Gasteiger partial charge in [0, 0.05) is 17.6 Å². The lowest BCUT2D eigenvalue weighted by atomic mass is 9.99. The molecule has 1 aromatic carbocycles. The molecule has 1 aliphatic rings. The van der Waals surface area contributed by atoms with Crippen LogP contribution in [0.2, 0.25) is 5.15 Å². The zero-order chi connectivity index (χ0) is 11.7. The fourth-order valence-corrected chi connectivity index (χ4v) is 2.93. The van der Waals surface area contributed by atoms with E-state index in [-0.39, 0.29) is 0 Å². The standard InChI is InChI=1S/C12H12ClN3S/c13-11-7-17-12(16-11)15-10-3-1-2-8-6-14-5-4-9(8)10/h1-3,7,14H,4-6H2,(H,15,16). The van der Waals surface area contributed by atoms with Crippen LogP contribution in [0.1, 0.15) is 11.1 Å². The second-order valence-electron chi connectivity index (χ2n) is 3.97. The summed E-state index contributed by atoms with van der Waals surface area (Å²) in [5, 5.41) is 9.95. The summed E-state index contributed by atoms with van der Waals surface area (Å²) in [4.78, 5) is 4.21. The molecule has 0 unspecified atom stereocenters. The number of fused-ring (bicyclic) bond motifs is 1. The van der Waals surface area contributed by atoms with Crippen molar-refractivity contribution in [2.24, 2.45) is 0 Å². The van der Waals surface area contributed by atoms with Crippen molar-refractivity contribution in [1.29, 1.82) is 0 Å². The molecule has 0 radical (unpaired) electrons. The molecule has 2 aromatic rings. The number of rotatable bonds is 2. The fourth-order valence-electron chi connectivity index (χ4n) is 2.08. The Morgan fingerprint density at radius 3 is 3.18 bits per heavy atom. The van der Waals surface area contributed by atoms with Gasteiger partial charge in [0.1, 0.15) is 5.15 Å². The lowest BCUT2D eigenvalue weighted by molar-refractivity contribution is 0.645. The number of nitrogens with zero attached hydrogens (tertiary/aromatic N) is 1. The van der Waals surface area contributed by atoms with Gasteiger partial charge < -0.3 is 10.6 Å². The Labute approximate surface area is 109 Å². The van der Waals surface area contributed by atoms with Crippen molar-refractivity contribution in [1.82, 2.24) is 10.3 Å². The molecular weight excluding hydrogens is 254 g/mol. The molecule has 0 spiro atoms. The molecule has 88 valence electrons. The van der Waals surface area contributed by atoms with Gasteiger partial charge >= 0.3 is 0 Å². The van der Waals surface area contributed by atoms with E-state index >= 15 is 0 Å². The Morgan fingerprint density at radius 2 is 2.35 bits per heavy atom. The predicted octanol–water partition coefficient (Wildman–Crippen LogP) is 3.19. The van der Waals surface area contributed by atoms with E-state index in [4.69, 9.17) is 11.6 Å². The van der Waals surface area contributed by atoms with Gasteiger partial charge in [-0.05, 0) is 30.2 Å². The number of halogens is 1. The first kappa shape index (κ1) is 11.0. The average Bonchev–Trinajstić information content (AvgIpc) is 2.75. The molecule has 3 rings (SSSR count). The number of hydrogen-bond donors (Lipinski definition) is 2. The van der Waals surface area contributed by atoms with E-state index < -0.39 is 0 Å². The topological polar surface area (TPSA) is 37.0 Å². The quantitative estimate of drug-likeness (QED) is 0.876. The molecule has 0 saturated carbocycles. The van der Waals surface area contributed by atoms with Crippen LogP contribution < -0.4 is 10.6 Å². The van der Waals surface area contributed by atoms with Gasteiger partial charge in [-0.25, -0.2) is 4.98 Å². The van der Waals surface area contributed by atoms with Crippen LogP contribution in [0.5, 0.6) is 0 Å². The summed E-state index contributed by atoms with van der Waals surface area (Å²) in [7, 11) is 0. The summed E-state index contributed by atoms with van der Waals surface area (Å²) in [6, 6.07) is 6.34. The first-order chi connectivity index (χ1) is 8.33. The highest BCUT2D eigenvalue weighted by atomic mass is 35.5. The van der Waals surface area contributed by atoms with Crippen LogP contribution >= 0.6 is 22.9 Å². The minimum atomic E-state index is 0.545. The third kappa shape index (κ3) is 2.29. The Kier molecular flexibility index (Phi) is 3.01. The van der Waals surface area contributed by atoms with Crippen LogP contribution in [-0.2, 0) is 13.0 Å². The number of nitrogens with one attached hydrogen (secondary N) is 2. The maximum absolute atomic E-state index is 5.82. The number of aromatic nitrogens is 1. The van der Waals surface area contributed by atoms with Crippen molar-refractivity contribution in [2.75, 3.05) is 11.9 Å². The average molecular weight is 266 g/mol. The van der Waals surface area contributed by atoms with Crippen molar-refractivity contribution >= 4 is 33.8 Å². The number of thiazole rings is 1. The molecule has 0 amide bonds. The van der Waals surface area contributed by atoms with E-state index in [9.17, 15) is 0 Å². The molecule has 17 heavy (non-hydrogen) atoms. The van der Waals surface area contributed by atoms with Gasteiger partial charge in [0.25, 0.3) is 0 Å². The van der Waals surface area contributed by atoms with Crippen LogP contribution in [0.15, 0.2) is 23.6 Å². The molecule has 0 fully saturated rings. The van der Waals surface area contributed by atoms with Gasteiger partial charge in [0.2, 0.25) is 0 Å². The maximum Gasteiger partial charge on any atom is 0.188 e. The molecule has 1 aromatic heterocycles. The first-order valence-corrected chi connectivity index (χ1v) is 6.78. The van der Waals surface area contributed by atoms with Gasteiger partial charge in [-0.15, -0.1) is 11.3 Å². The summed E-state index contributed by atoms with van der Waals surface area (Å²) in [5.41, 5.74) is 3.90. The summed E-state index contributed by atoms with van der Waals surface area (Å²) in [6.07, 6.45) is 1.05. The van der Waals surface area contributed by atoms with Crippen molar-refractivity contribution in [3.05, 3.63) is 39.9 Å². The van der Waals surface area contributed by atoms with Gasteiger partial charge in [-0.3, -0.25) is 0 Å². The molecule has 2 N–H and O–H groups in total. The van der Waals surface area contributed by atoms with Crippen molar-refractivity contribution < 1.29 is 0 Å². The minimum absolute atomic E-state index is 0.545. The minimum Gasteiger partial charge on any atom is -0.331 e. The Bertz CT molecular complexity index is 538. The summed E-state index contributed by atoms with van der Waals surface area (Å²) < 4.78 is 0. The molecule has 0 atom stereocenters. The van der Waals surface area contributed by atoms with Crippen molar-refractivity contribution in [3.8, 4) is 0 Å². The van der Waals surface area contributed by atoms with Gasteiger partial charge in [-0.2, -0.15) is 0 Å². The number of benzene rings is 1. The zero-order valence-corrected chi connectivity index (χ0v) is 10.7. The highest BCUT2D eigenvalue weighted by molar-refractivity contribution is 7.14. The monoisotopic (exact) mass is 265 g/mol. The van der Waals surface area contributed by atoms with Crippen LogP contribution in [-0.4, -0.2) is 11.5 Å². The summed E-state index contributed by atoms with van der Waals surface area (Å²) in [5.74, 6) is 0. The molecule has 5 heteroatoms. The third-order valence-corrected chi connectivity index (χ3v) is 3.94. The van der Waals surface area contributed by atoms with E-state index in [1.807, 2.05) is 5.38 Å². The fraction of sp³-hybridized carbons (Fsp3) is 0.250. The second kappa shape index (κ2) is 4.64. The van der Waals surface area contributed by atoms with E-state index in [1.165, 1.54) is 22.5 Å². The van der Waals surface area contributed by atoms with E-state index in [2.05, 4.69) is 33.8 Å². The number of anilines is 2. The molecule has 2 heterocycles. The summed E-state index contributed by atoms with van der Waals surface area (Å²) >= 11 is 7.34. The Balaban J connectivity index is 1.92. The molecule has 3 nitrogen and oxygen atoms in total. The predicted molar refractivity (Wildman–Crippen MR) is 72.3 cm³/mol. The SMILES string of the molecule is Clc1csc(Nc2cccc3c2CCNC3)n1. The third-order valence-electron chi connectivity index (χ3n) is 2.86. The second-order valence-corrected chi connectivity index (χ2v) is 5.22. The van der Waals surface area contributed by atoms with Crippen LogP contribution in [0, 0.1) is 0 Å². The van der Waals surface area contributed by atoms with Gasteiger partial charge in [0.15, 0.2) is 5.13 Å². The normalized spacial score (nSPS) is 14.4. The molecule has 0 bridgehead atoms. The summed E-state index contributed by atoms with van der Waals surface area (Å²) in [6.45, 7) is 1.98. The zero-order valence-electron chi connectivity index (χ0n) is 9.16. The Hall–Kier alpha value is -1.10. The maximum atomic E-state index is 5.82. The van der Waals surface area contributed by atoms with E-state index in [0.717, 1.165) is 30.3 Å². The number of hydrogen-bond acceptors (Lipinski definition) is 4. The lowest BCUT2D eigenvalue weighted by Crippen LogP contribution is -2.24. The highest BCUT2D eigenvalue weighted by Gasteiger charge is 2.13. The Morgan fingerprint density at radius 1 is 1.41 bits per heavy atom. The van der Waals surface area contributed by atoms with Crippen molar-refractivity contribution in [3.63, 3.8) is 0 Å². The highest BCUT2D eigenvalue weighted by Crippen LogP contribution is 2.28. The smallest absolute Gasteiger partial charge is 0.188 e. The molecule has 0 saturated heterocycles. The van der Waals surface area contributed by atoms with Crippen LogP contribution in [0.3, 0.4) is 0 Å². The van der Waals surface area contributed by atoms with Crippen LogP contribution in [0.25, 0.3) is 0 Å². The van der Waals surface area contributed by atoms with Crippen LogP contribution in [0.4, 0.5) is 10.8 Å². The van der Waals surface area contributed by atoms with E-state index in [0.29, 0.717) is 5.15 Å². The molecule has 0 aliphatic carbocycles. The van der Waals surface area contributed by atoms with E-state index in [1.54, 1.807) is 0 Å². The molecule has 1 aliphatic heterocycles. The molecular formula is C12H12ClN3S. The first-order valence-electron chi connectivity index (χ1n) is 5.52. The van der Waals surface area contributed by atoms with Gasteiger partial charge in [0.05, 0.1) is 0 Å². The largest absolute Gasteiger partial charge is 0.331 e. The van der Waals surface area contributed by atoms with Gasteiger partial charge in [-0.1, -0.05) is 23.7 Å². The van der Waals surface area contributed by atoms with Crippen molar-refractivity contribution in [2.45, 2.75) is 13.0 Å².